The first-order chi connectivity index (χ1) is 15.3. The lowest BCUT2D eigenvalue weighted by Gasteiger charge is -2.31. The molecule has 0 unspecified atom stereocenters. The molecular weight excluding hydrogens is 472 g/mol. The lowest BCUT2D eigenvalue weighted by atomic mass is 10.1. The molecule has 0 fully saturated rings. The van der Waals surface area contributed by atoms with Crippen LogP contribution in [-0.4, -0.2) is 42.5 Å². The van der Waals surface area contributed by atoms with Crippen LogP contribution in [0.3, 0.4) is 0 Å². The van der Waals surface area contributed by atoms with Crippen molar-refractivity contribution >= 4 is 27.7 Å². The second-order valence-electron chi connectivity index (χ2n) is 7.81. The molecular formula is C25H33BrN2O4. The minimum absolute atomic E-state index is 0.0384. The fourth-order valence-electron chi connectivity index (χ4n) is 3.22. The van der Waals surface area contributed by atoms with Crippen molar-refractivity contribution < 1.29 is 19.1 Å². The first-order valence-electron chi connectivity index (χ1n) is 10.9. The number of ether oxygens (including phenoxy) is 2. The number of halogens is 1. The maximum absolute atomic E-state index is 13.2. The zero-order valence-corrected chi connectivity index (χ0v) is 21.1. The van der Waals surface area contributed by atoms with E-state index < -0.39 is 6.04 Å². The average molecular weight is 505 g/mol. The van der Waals surface area contributed by atoms with Gasteiger partial charge in [-0.1, -0.05) is 41.9 Å². The molecule has 2 amide bonds. The van der Waals surface area contributed by atoms with Crippen LogP contribution in [-0.2, 0) is 16.1 Å². The van der Waals surface area contributed by atoms with Crippen LogP contribution < -0.4 is 14.8 Å². The van der Waals surface area contributed by atoms with Gasteiger partial charge >= 0.3 is 0 Å². The summed E-state index contributed by atoms with van der Waals surface area (Å²) in [5.74, 6) is 0.957. The van der Waals surface area contributed by atoms with Gasteiger partial charge in [-0.05, 0) is 68.1 Å². The van der Waals surface area contributed by atoms with Gasteiger partial charge in [0.25, 0.3) is 5.91 Å². The quantitative estimate of drug-likeness (QED) is 0.474. The van der Waals surface area contributed by atoms with Crippen LogP contribution in [0.15, 0.2) is 46.9 Å². The SMILES string of the molecule is CC[C@H](C(=O)N[C@@H](C)CC)N(Cc1ccc(OC)cc1)C(=O)COc1ccc(Br)c(C)c1. The lowest BCUT2D eigenvalue weighted by molar-refractivity contribution is -0.143. The van der Waals surface area contributed by atoms with Crippen LogP contribution >= 0.6 is 15.9 Å². The highest BCUT2D eigenvalue weighted by molar-refractivity contribution is 9.10. The fraction of sp³-hybridized carbons (Fsp3) is 0.440. The van der Waals surface area contributed by atoms with Gasteiger partial charge in [0.2, 0.25) is 5.91 Å². The van der Waals surface area contributed by atoms with Gasteiger partial charge in [-0.25, -0.2) is 0 Å². The number of aryl methyl sites for hydroxylation is 1. The number of hydrogen-bond donors (Lipinski definition) is 1. The molecule has 0 saturated carbocycles. The molecule has 2 aromatic rings. The average Bonchev–Trinajstić information content (AvgIpc) is 2.79. The highest BCUT2D eigenvalue weighted by atomic mass is 79.9. The van der Waals surface area contributed by atoms with E-state index in [9.17, 15) is 9.59 Å². The molecule has 0 aromatic heterocycles. The summed E-state index contributed by atoms with van der Waals surface area (Å²) in [4.78, 5) is 27.8. The number of carbonyl (C=O) groups excluding carboxylic acids is 2. The number of methoxy groups -OCH3 is 1. The van der Waals surface area contributed by atoms with E-state index in [0.717, 1.165) is 27.8 Å². The Hall–Kier alpha value is -2.54. The standard InChI is InChI=1S/C25H33BrN2O4/c1-6-18(4)27-25(30)23(7-2)28(15-19-8-10-20(31-5)11-9-19)24(29)16-32-21-12-13-22(26)17(3)14-21/h8-14,18,23H,6-7,15-16H2,1-5H3,(H,27,30)/t18-,23+/m0/s1. The van der Waals surface area contributed by atoms with Crippen molar-refractivity contribution in [1.82, 2.24) is 10.2 Å². The molecule has 32 heavy (non-hydrogen) atoms. The third kappa shape index (κ3) is 7.26. The van der Waals surface area contributed by atoms with Gasteiger partial charge in [0.1, 0.15) is 17.5 Å². The molecule has 1 N–H and O–H groups in total. The van der Waals surface area contributed by atoms with Gasteiger partial charge in [-0.2, -0.15) is 0 Å². The van der Waals surface area contributed by atoms with E-state index in [1.165, 1.54) is 0 Å². The third-order valence-electron chi connectivity index (χ3n) is 5.39. The Morgan fingerprint density at radius 1 is 1.06 bits per heavy atom. The van der Waals surface area contributed by atoms with Gasteiger partial charge in [0.15, 0.2) is 6.61 Å². The van der Waals surface area contributed by atoms with Crippen LogP contribution in [0.25, 0.3) is 0 Å². The van der Waals surface area contributed by atoms with Crippen LogP contribution in [0.5, 0.6) is 11.5 Å². The molecule has 0 radical (unpaired) electrons. The number of benzene rings is 2. The van der Waals surface area contributed by atoms with E-state index in [2.05, 4.69) is 21.2 Å². The Morgan fingerprint density at radius 3 is 2.28 bits per heavy atom. The maximum atomic E-state index is 13.2. The smallest absolute Gasteiger partial charge is 0.261 e. The molecule has 2 rings (SSSR count). The molecule has 0 spiro atoms. The van der Waals surface area contributed by atoms with Gasteiger partial charge in [0, 0.05) is 17.1 Å². The molecule has 6 nitrogen and oxygen atoms in total. The molecule has 0 aliphatic carbocycles. The Morgan fingerprint density at radius 2 is 1.72 bits per heavy atom. The third-order valence-corrected chi connectivity index (χ3v) is 6.28. The van der Waals surface area contributed by atoms with Crippen molar-refractivity contribution in [2.75, 3.05) is 13.7 Å². The summed E-state index contributed by atoms with van der Waals surface area (Å²) in [6, 6.07) is 12.5. The predicted octanol–water partition coefficient (Wildman–Crippen LogP) is 4.87. The first-order valence-corrected chi connectivity index (χ1v) is 11.7. The number of nitrogens with one attached hydrogen (secondary N) is 1. The summed E-state index contributed by atoms with van der Waals surface area (Å²) in [5.41, 5.74) is 1.93. The first kappa shape index (κ1) is 25.7. The Bertz CT molecular complexity index is 901. The fourth-order valence-corrected chi connectivity index (χ4v) is 3.47. The molecule has 174 valence electrons. The lowest BCUT2D eigenvalue weighted by Crippen LogP contribution is -2.51. The summed E-state index contributed by atoms with van der Waals surface area (Å²) in [6.45, 7) is 8.00. The number of carbonyl (C=O) groups is 2. The van der Waals surface area contributed by atoms with Gasteiger partial charge < -0.3 is 19.7 Å². The highest BCUT2D eigenvalue weighted by Gasteiger charge is 2.29. The van der Waals surface area contributed by atoms with Crippen LogP contribution in [0.1, 0.15) is 44.7 Å². The second kappa shape index (κ2) is 12.5. The molecule has 0 bridgehead atoms. The minimum Gasteiger partial charge on any atom is -0.497 e. The van der Waals surface area contributed by atoms with Crippen LogP contribution in [0, 0.1) is 6.92 Å². The topological polar surface area (TPSA) is 67.9 Å². The van der Waals surface area contributed by atoms with Gasteiger partial charge in [-0.15, -0.1) is 0 Å². The van der Waals surface area contributed by atoms with Crippen LogP contribution in [0.4, 0.5) is 0 Å². The number of hydrogen-bond acceptors (Lipinski definition) is 4. The Kier molecular flexibility index (Phi) is 10.0. The summed E-state index contributed by atoms with van der Waals surface area (Å²) < 4.78 is 12.0. The Labute approximate surface area is 199 Å². The van der Waals surface area contributed by atoms with Crippen molar-refractivity contribution in [2.24, 2.45) is 0 Å². The van der Waals surface area contributed by atoms with Crippen molar-refractivity contribution in [3.05, 3.63) is 58.1 Å². The molecule has 0 aliphatic heterocycles. The zero-order chi connectivity index (χ0) is 23.7. The van der Waals surface area contributed by atoms with Crippen molar-refractivity contribution in [3.8, 4) is 11.5 Å². The second-order valence-corrected chi connectivity index (χ2v) is 8.67. The maximum Gasteiger partial charge on any atom is 0.261 e. The van der Waals surface area contributed by atoms with E-state index in [4.69, 9.17) is 9.47 Å². The van der Waals surface area contributed by atoms with E-state index in [1.54, 1.807) is 12.0 Å². The Balaban J connectivity index is 2.22. The van der Waals surface area contributed by atoms with E-state index in [1.807, 2.05) is 70.2 Å². The number of rotatable bonds is 11. The largest absolute Gasteiger partial charge is 0.497 e. The summed E-state index contributed by atoms with van der Waals surface area (Å²) >= 11 is 3.47. The van der Waals surface area contributed by atoms with Crippen molar-refractivity contribution in [1.29, 1.82) is 0 Å². The van der Waals surface area contributed by atoms with E-state index >= 15 is 0 Å². The summed E-state index contributed by atoms with van der Waals surface area (Å²) in [7, 11) is 1.61. The van der Waals surface area contributed by atoms with E-state index in [0.29, 0.717) is 18.7 Å². The zero-order valence-electron chi connectivity index (χ0n) is 19.5. The van der Waals surface area contributed by atoms with Crippen molar-refractivity contribution in [2.45, 2.75) is 59.2 Å². The monoisotopic (exact) mass is 504 g/mol. The minimum atomic E-state index is -0.589. The van der Waals surface area contributed by atoms with Crippen LogP contribution in [0.2, 0.25) is 0 Å². The van der Waals surface area contributed by atoms with E-state index in [-0.39, 0.29) is 24.5 Å². The molecule has 0 aliphatic rings. The van der Waals surface area contributed by atoms with Gasteiger partial charge in [0.05, 0.1) is 7.11 Å². The summed E-state index contributed by atoms with van der Waals surface area (Å²) in [5, 5.41) is 3.01. The number of amides is 2. The summed E-state index contributed by atoms with van der Waals surface area (Å²) in [6.07, 6.45) is 1.32. The molecule has 0 saturated heterocycles. The molecule has 2 aromatic carbocycles. The predicted molar refractivity (Wildman–Crippen MR) is 130 cm³/mol. The molecule has 0 heterocycles. The van der Waals surface area contributed by atoms with Crippen molar-refractivity contribution in [3.63, 3.8) is 0 Å². The molecule has 7 heteroatoms. The highest BCUT2D eigenvalue weighted by Crippen LogP contribution is 2.22. The molecule has 2 atom stereocenters. The van der Waals surface area contributed by atoms with Gasteiger partial charge in [-0.3, -0.25) is 9.59 Å². The normalized spacial score (nSPS) is 12.6. The number of nitrogens with zero attached hydrogens (tertiary/aromatic N) is 1.